The largest absolute Gasteiger partial charge is 0.356 e. The Bertz CT molecular complexity index is 150. The Kier molecular flexibility index (Phi) is 6.60. The molecule has 0 aromatic rings. The Morgan fingerprint density at radius 1 is 1.21 bits per heavy atom. The van der Waals surface area contributed by atoms with Gasteiger partial charge in [0.15, 0.2) is 0 Å². The maximum absolute atomic E-state index is 10.3. The normalized spacial score (nSPS) is 21.4. The molecule has 2 heteroatoms. The number of carbonyl (C=O) groups is 1. The molecular formula is C12H25NO. The van der Waals surface area contributed by atoms with E-state index in [0.717, 1.165) is 6.41 Å². The van der Waals surface area contributed by atoms with Crippen molar-refractivity contribution in [3.63, 3.8) is 0 Å². The molecule has 0 aromatic carbocycles. The molecule has 1 N–H and O–H groups in total. The van der Waals surface area contributed by atoms with Crippen LogP contribution in [0.3, 0.4) is 0 Å². The Morgan fingerprint density at radius 3 is 2.14 bits per heavy atom. The lowest BCUT2D eigenvalue weighted by Gasteiger charge is -2.38. The van der Waals surface area contributed by atoms with Crippen LogP contribution < -0.4 is 5.32 Å². The van der Waals surface area contributed by atoms with Gasteiger partial charge in [-0.3, -0.25) is 4.79 Å². The van der Waals surface area contributed by atoms with Crippen LogP contribution in [0.4, 0.5) is 0 Å². The maximum atomic E-state index is 10.3. The van der Waals surface area contributed by atoms with Gasteiger partial charge in [-0.2, -0.15) is 0 Å². The van der Waals surface area contributed by atoms with Crippen LogP contribution in [0.2, 0.25) is 0 Å². The number of carbonyl (C=O) groups excluding carboxylic acids is 1. The first-order valence-electron chi connectivity index (χ1n) is 5.89. The van der Waals surface area contributed by atoms with Crippen molar-refractivity contribution < 1.29 is 4.79 Å². The molecule has 1 saturated carbocycles. The van der Waals surface area contributed by atoms with Crippen LogP contribution >= 0.6 is 0 Å². The van der Waals surface area contributed by atoms with Crippen LogP contribution in [0.25, 0.3) is 0 Å². The van der Waals surface area contributed by atoms with Crippen LogP contribution in [0.5, 0.6) is 0 Å². The SMILES string of the molecule is CC.CC(NC=O)C1(C)CCCCC1. The highest BCUT2D eigenvalue weighted by Crippen LogP contribution is 2.38. The molecule has 14 heavy (non-hydrogen) atoms. The summed E-state index contributed by atoms with van der Waals surface area (Å²) >= 11 is 0. The molecule has 0 aromatic heterocycles. The van der Waals surface area contributed by atoms with Crippen molar-refractivity contribution in [1.82, 2.24) is 5.32 Å². The van der Waals surface area contributed by atoms with Crippen molar-refractivity contribution in [3.8, 4) is 0 Å². The number of amides is 1. The van der Waals surface area contributed by atoms with Crippen molar-refractivity contribution >= 4 is 6.41 Å². The van der Waals surface area contributed by atoms with Gasteiger partial charge >= 0.3 is 0 Å². The zero-order valence-corrected chi connectivity index (χ0v) is 10.1. The van der Waals surface area contributed by atoms with Crippen LogP contribution in [0.1, 0.15) is 59.8 Å². The molecule has 0 spiro atoms. The summed E-state index contributed by atoms with van der Waals surface area (Å²) in [5, 5.41) is 2.88. The second-order valence-corrected chi connectivity index (χ2v) is 4.22. The van der Waals surface area contributed by atoms with Gasteiger partial charge in [-0.1, -0.05) is 40.0 Å². The summed E-state index contributed by atoms with van der Waals surface area (Å²) < 4.78 is 0. The third-order valence-corrected chi connectivity index (χ3v) is 3.36. The van der Waals surface area contributed by atoms with Gasteiger partial charge in [0.25, 0.3) is 0 Å². The molecule has 0 radical (unpaired) electrons. The Balaban J connectivity index is 0.000000791. The average molecular weight is 199 g/mol. The van der Waals surface area contributed by atoms with E-state index in [4.69, 9.17) is 0 Å². The number of hydrogen-bond acceptors (Lipinski definition) is 1. The molecule has 1 atom stereocenters. The third-order valence-electron chi connectivity index (χ3n) is 3.36. The van der Waals surface area contributed by atoms with Crippen molar-refractivity contribution in [2.45, 2.75) is 65.8 Å². The summed E-state index contributed by atoms with van der Waals surface area (Å²) in [4.78, 5) is 10.3. The molecule has 0 saturated heterocycles. The minimum Gasteiger partial charge on any atom is -0.356 e. The summed E-state index contributed by atoms with van der Waals surface area (Å²) in [5.41, 5.74) is 0.346. The van der Waals surface area contributed by atoms with Gasteiger partial charge in [0.2, 0.25) is 6.41 Å². The van der Waals surface area contributed by atoms with Crippen LogP contribution in [0, 0.1) is 5.41 Å². The minimum absolute atomic E-state index is 0.329. The van der Waals surface area contributed by atoms with Crippen molar-refractivity contribution in [3.05, 3.63) is 0 Å². The zero-order valence-electron chi connectivity index (χ0n) is 10.1. The van der Waals surface area contributed by atoms with Gasteiger partial charge in [-0.15, -0.1) is 0 Å². The van der Waals surface area contributed by atoms with E-state index in [1.165, 1.54) is 32.1 Å². The molecule has 1 amide bonds. The first kappa shape index (κ1) is 13.5. The van der Waals surface area contributed by atoms with Crippen molar-refractivity contribution in [2.75, 3.05) is 0 Å². The van der Waals surface area contributed by atoms with Gasteiger partial charge in [0.05, 0.1) is 0 Å². The second-order valence-electron chi connectivity index (χ2n) is 4.22. The van der Waals surface area contributed by atoms with Gasteiger partial charge in [0.1, 0.15) is 0 Å². The quantitative estimate of drug-likeness (QED) is 0.695. The molecule has 0 heterocycles. The molecule has 2 nitrogen and oxygen atoms in total. The van der Waals surface area contributed by atoms with Crippen LogP contribution in [-0.4, -0.2) is 12.5 Å². The predicted octanol–water partition coefficient (Wildman–Crippen LogP) is 3.12. The van der Waals surface area contributed by atoms with E-state index in [9.17, 15) is 4.79 Å². The lowest BCUT2D eigenvalue weighted by molar-refractivity contribution is -0.111. The van der Waals surface area contributed by atoms with Crippen LogP contribution in [0.15, 0.2) is 0 Å². The summed E-state index contributed by atoms with van der Waals surface area (Å²) in [6, 6.07) is 0.329. The van der Waals surface area contributed by atoms with E-state index >= 15 is 0 Å². The zero-order chi connectivity index (χ0) is 11.0. The summed E-state index contributed by atoms with van der Waals surface area (Å²) in [7, 11) is 0. The number of rotatable bonds is 3. The molecule has 1 rings (SSSR count). The highest BCUT2D eigenvalue weighted by Gasteiger charge is 2.32. The molecule has 1 aliphatic carbocycles. The van der Waals surface area contributed by atoms with E-state index in [0.29, 0.717) is 11.5 Å². The predicted molar refractivity (Wildman–Crippen MR) is 61.2 cm³/mol. The first-order valence-corrected chi connectivity index (χ1v) is 5.89. The fourth-order valence-corrected chi connectivity index (χ4v) is 2.10. The first-order chi connectivity index (χ1) is 6.69. The lowest BCUT2D eigenvalue weighted by atomic mass is 9.71. The summed E-state index contributed by atoms with van der Waals surface area (Å²) in [6.07, 6.45) is 7.35. The van der Waals surface area contributed by atoms with Gasteiger partial charge in [-0.05, 0) is 25.2 Å². The second kappa shape index (κ2) is 6.86. The van der Waals surface area contributed by atoms with Crippen molar-refractivity contribution in [1.29, 1.82) is 0 Å². The van der Waals surface area contributed by atoms with E-state index in [1.54, 1.807) is 0 Å². The monoisotopic (exact) mass is 199 g/mol. The standard InChI is InChI=1S/C10H19NO.C2H6/c1-9(11-8-12)10(2)6-4-3-5-7-10;1-2/h8-9H,3-7H2,1-2H3,(H,11,12);1-2H3. The molecule has 84 valence electrons. The molecule has 0 bridgehead atoms. The molecule has 1 unspecified atom stereocenters. The van der Waals surface area contributed by atoms with E-state index < -0.39 is 0 Å². The lowest BCUT2D eigenvalue weighted by Crippen LogP contribution is -2.41. The Morgan fingerprint density at radius 2 is 1.71 bits per heavy atom. The maximum Gasteiger partial charge on any atom is 0.207 e. The Labute approximate surface area is 88.5 Å². The molecular weight excluding hydrogens is 174 g/mol. The van der Waals surface area contributed by atoms with E-state index in [1.807, 2.05) is 13.8 Å². The fraction of sp³-hybridized carbons (Fsp3) is 0.917. The summed E-state index contributed by atoms with van der Waals surface area (Å²) in [6.45, 7) is 8.40. The third kappa shape index (κ3) is 3.69. The number of nitrogens with one attached hydrogen (secondary N) is 1. The average Bonchev–Trinajstić information content (AvgIpc) is 2.22. The minimum atomic E-state index is 0.329. The molecule has 1 fully saturated rings. The fourth-order valence-electron chi connectivity index (χ4n) is 2.10. The van der Waals surface area contributed by atoms with Gasteiger partial charge < -0.3 is 5.32 Å². The highest BCUT2D eigenvalue weighted by atomic mass is 16.1. The Hall–Kier alpha value is -0.530. The van der Waals surface area contributed by atoms with E-state index in [-0.39, 0.29) is 0 Å². The molecule has 0 aliphatic heterocycles. The highest BCUT2D eigenvalue weighted by molar-refractivity contribution is 5.46. The summed E-state index contributed by atoms with van der Waals surface area (Å²) in [5.74, 6) is 0. The smallest absolute Gasteiger partial charge is 0.207 e. The van der Waals surface area contributed by atoms with Crippen LogP contribution in [-0.2, 0) is 4.79 Å². The van der Waals surface area contributed by atoms with Gasteiger partial charge in [0, 0.05) is 6.04 Å². The van der Waals surface area contributed by atoms with E-state index in [2.05, 4.69) is 19.2 Å². The number of hydrogen-bond donors (Lipinski definition) is 1. The van der Waals surface area contributed by atoms with Gasteiger partial charge in [-0.25, -0.2) is 0 Å². The van der Waals surface area contributed by atoms with Crippen molar-refractivity contribution in [2.24, 2.45) is 5.41 Å². The topological polar surface area (TPSA) is 29.1 Å². The molecule has 1 aliphatic rings.